The summed E-state index contributed by atoms with van der Waals surface area (Å²) in [6, 6.07) is 5.18. The molecule has 0 N–H and O–H groups in total. The molecule has 0 amide bonds. The van der Waals surface area contributed by atoms with E-state index in [1.165, 1.54) is 18.2 Å². The Kier molecular flexibility index (Phi) is 3.11. The lowest BCUT2D eigenvalue weighted by Crippen LogP contribution is -2.09. The number of alkyl halides is 3. The third-order valence-corrected chi connectivity index (χ3v) is 1.63. The molecule has 0 heterocycles. The summed E-state index contributed by atoms with van der Waals surface area (Å²) in [4.78, 5) is 4.47. The van der Waals surface area contributed by atoms with E-state index >= 15 is 0 Å². The van der Waals surface area contributed by atoms with Gasteiger partial charge in [0.1, 0.15) is 6.61 Å². The molecule has 0 fully saturated rings. The molecule has 1 rings (SSSR count). The highest BCUT2D eigenvalue weighted by atomic mass is 19.4. The Bertz CT molecular complexity index is 322. The number of hydrogen-bond acceptors (Lipinski definition) is 2. The molecule has 0 spiro atoms. The maximum atomic E-state index is 12.4. The Hall–Kier alpha value is -1.52. The van der Waals surface area contributed by atoms with Gasteiger partial charge in [0.25, 0.3) is 0 Å². The van der Waals surface area contributed by atoms with E-state index in [2.05, 4.69) is 16.7 Å². The second kappa shape index (κ2) is 4.13. The Labute approximate surface area is 79.0 Å². The first-order chi connectivity index (χ1) is 6.55. The quantitative estimate of drug-likeness (QED) is 0.546. The van der Waals surface area contributed by atoms with Crippen LogP contribution in [0.1, 0.15) is 11.1 Å². The molecule has 0 aliphatic carbocycles. The van der Waals surface area contributed by atoms with Crippen LogP contribution in [-0.2, 0) is 17.6 Å². The first-order valence-electron chi connectivity index (χ1n) is 3.79. The first-order valence-corrected chi connectivity index (χ1v) is 3.79. The van der Waals surface area contributed by atoms with Crippen LogP contribution in [0.5, 0.6) is 0 Å². The Morgan fingerprint density at radius 1 is 1.29 bits per heavy atom. The zero-order chi connectivity index (χ0) is 10.6. The minimum atomic E-state index is -4.36. The molecule has 0 aromatic heterocycles. The van der Waals surface area contributed by atoms with Gasteiger partial charge in [0.05, 0.1) is 5.56 Å². The summed E-state index contributed by atoms with van der Waals surface area (Å²) in [6.45, 7) is 2.79. The van der Waals surface area contributed by atoms with Gasteiger partial charge in [-0.2, -0.15) is 13.2 Å². The summed E-state index contributed by atoms with van der Waals surface area (Å²) < 4.78 is 37.1. The van der Waals surface area contributed by atoms with Crippen molar-refractivity contribution in [2.45, 2.75) is 12.8 Å². The van der Waals surface area contributed by atoms with Gasteiger partial charge in [0.15, 0.2) is 0 Å². The number of oxime groups is 1. The lowest BCUT2D eigenvalue weighted by atomic mass is 10.1. The van der Waals surface area contributed by atoms with Crippen molar-refractivity contribution in [3.8, 4) is 0 Å². The molecule has 0 unspecified atom stereocenters. The lowest BCUT2D eigenvalue weighted by Gasteiger charge is -2.11. The average Bonchev–Trinajstić information content (AvgIpc) is 2.14. The molecule has 0 radical (unpaired) electrons. The summed E-state index contributed by atoms with van der Waals surface area (Å²) in [5, 5.41) is 3.04. The molecule has 0 atom stereocenters. The monoisotopic (exact) mass is 203 g/mol. The zero-order valence-electron chi connectivity index (χ0n) is 7.21. The van der Waals surface area contributed by atoms with Gasteiger partial charge in [-0.05, 0) is 6.07 Å². The highest BCUT2D eigenvalue weighted by Gasteiger charge is 2.32. The molecular formula is C9H8F3NO. The van der Waals surface area contributed by atoms with Crippen molar-refractivity contribution in [3.05, 3.63) is 35.4 Å². The molecule has 0 saturated heterocycles. The molecule has 0 aliphatic rings. The van der Waals surface area contributed by atoms with E-state index in [0.717, 1.165) is 6.07 Å². The molecule has 14 heavy (non-hydrogen) atoms. The summed E-state index contributed by atoms with van der Waals surface area (Å²) in [6.07, 6.45) is -4.36. The van der Waals surface area contributed by atoms with Crippen LogP contribution in [0.25, 0.3) is 0 Å². The third kappa shape index (κ3) is 2.48. The van der Waals surface area contributed by atoms with Crippen molar-refractivity contribution < 1.29 is 18.0 Å². The van der Waals surface area contributed by atoms with Crippen molar-refractivity contribution >= 4 is 6.72 Å². The topological polar surface area (TPSA) is 21.6 Å². The van der Waals surface area contributed by atoms with Crippen LogP contribution in [0.15, 0.2) is 29.4 Å². The molecular weight excluding hydrogens is 195 g/mol. The first kappa shape index (κ1) is 10.6. The fraction of sp³-hybridized carbons (Fsp3) is 0.222. The maximum absolute atomic E-state index is 12.4. The predicted octanol–water partition coefficient (Wildman–Crippen LogP) is 2.84. The summed E-state index contributed by atoms with van der Waals surface area (Å²) >= 11 is 0. The van der Waals surface area contributed by atoms with E-state index in [1.807, 2.05) is 0 Å². The van der Waals surface area contributed by atoms with Crippen molar-refractivity contribution in [2.75, 3.05) is 0 Å². The van der Waals surface area contributed by atoms with Gasteiger partial charge in [-0.3, -0.25) is 0 Å². The lowest BCUT2D eigenvalue weighted by molar-refractivity contribution is -0.138. The standard InChI is InChI=1S/C9H8F3NO/c1-13-14-6-7-4-2-3-5-8(7)9(10,11)12/h2-5H,1,6H2. The molecule has 2 nitrogen and oxygen atoms in total. The highest BCUT2D eigenvalue weighted by molar-refractivity contribution is 5.29. The Morgan fingerprint density at radius 2 is 1.93 bits per heavy atom. The highest BCUT2D eigenvalue weighted by Crippen LogP contribution is 2.31. The fourth-order valence-corrected chi connectivity index (χ4v) is 1.04. The van der Waals surface area contributed by atoms with Gasteiger partial charge in [-0.1, -0.05) is 18.2 Å². The molecule has 0 bridgehead atoms. The second-order valence-electron chi connectivity index (χ2n) is 2.56. The van der Waals surface area contributed by atoms with Crippen LogP contribution < -0.4 is 0 Å². The second-order valence-corrected chi connectivity index (χ2v) is 2.56. The molecule has 5 heteroatoms. The van der Waals surface area contributed by atoms with E-state index in [-0.39, 0.29) is 12.2 Å². The maximum Gasteiger partial charge on any atom is 0.416 e. The van der Waals surface area contributed by atoms with Gasteiger partial charge in [-0.25, -0.2) is 0 Å². The van der Waals surface area contributed by atoms with Crippen molar-refractivity contribution in [3.63, 3.8) is 0 Å². The van der Waals surface area contributed by atoms with Crippen LogP contribution in [-0.4, -0.2) is 6.72 Å². The van der Waals surface area contributed by atoms with E-state index in [1.54, 1.807) is 0 Å². The van der Waals surface area contributed by atoms with Crippen LogP contribution in [0.4, 0.5) is 13.2 Å². The number of rotatable bonds is 3. The van der Waals surface area contributed by atoms with Crippen LogP contribution in [0, 0.1) is 0 Å². The van der Waals surface area contributed by atoms with E-state index < -0.39 is 11.7 Å². The van der Waals surface area contributed by atoms with Gasteiger partial charge < -0.3 is 4.84 Å². The SMILES string of the molecule is C=NOCc1ccccc1C(F)(F)F. The van der Waals surface area contributed by atoms with Gasteiger partial charge in [0.2, 0.25) is 0 Å². The minimum absolute atomic E-state index is 0.0485. The summed E-state index contributed by atoms with van der Waals surface area (Å²) in [7, 11) is 0. The van der Waals surface area contributed by atoms with Gasteiger partial charge >= 0.3 is 6.18 Å². The fourth-order valence-electron chi connectivity index (χ4n) is 1.04. The predicted molar refractivity (Wildman–Crippen MR) is 45.8 cm³/mol. The molecule has 76 valence electrons. The summed E-state index contributed by atoms with van der Waals surface area (Å²) in [5.74, 6) is 0. The number of halogens is 3. The Morgan fingerprint density at radius 3 is 2.50 bits per heavy atom. The van der Waals surface area contributed by atoms with Gasteiger partial charge in [0, 0.05) is 12.3 Å². The van der Waals surface area contributed by atoms with E-state index in [9.17, 15) is 13.2 Å². The zero-order valence-corrected chi connectivity index (χ0v) is 7.21. The van der Waals surface area contributed by atoms with Gasteiger partial charge in [-0.15, -0.1) is 5.16 Å². The largest absolute Gasteiger partial charge is 0.416 e. The number of nitrogens with zero attached hydrogens (tertiary/aromatic N) is 1. The number of hydrogen-bond donors (Lipinski definition) is 0. The normalized spacial score (nSPS) is 11.1. The molecule has 0 saturated carbocycles. The van der Waals surface area contributed by atoms with E-state index in [0.29, 0.717) is 0 Å². The van der Waals surface area contributed by atoms with Crippen LogP contribution in [0.3, 0.4) is 0 Å². The summed E-state index contributed by atoms with van der Waals surface area (Å²) in [5.41, 5.74) is -0.656. The average molecular weight is 203 g/mol. The van der Waals surface area contributed by atoms with Crippen molar-refractivity contribution in [2.24, 2.45) is 5.16 Å². The molecule has 1 aromatic rings. The van der Waals surface area contributed by atoms with E-state index in [4.69, 9.17) is 0 Å². The van der Waals surface area contributed by atoms with Crippen LogP contribution in [0.2, 0.25) is 0 Å². The van der Waals surface area contributed by atoms with Crippen molar-refractivity contribution in [1.82, 2.24) is 0 Å². The third-order valence-electron chi connectivity index (χ3n) is 1.63. The van der Waals surface area contributed by atoms with Crippen LogP contribution >= 0.6 is 0 Å². The Balaban J connectivity index is 2.97. The smallest absolute Gasteiger partial charge is 0.391 e. The van der Waals surface area contributed by atoms with Crippen molar-refractivity contribution in [1.29, 1.82) is 0 Å². The number of benzene rings is 1. The molecule has 1 aromatic carbocycles. The molecule has 0 aliphatic heterocycles. The minimum Gasteiger partial charge on any atom is -0.391 e.